The maximum atomic E-state index is 13.0. The van der Waals surface area contributed by atoms with E-state index in [0.717, 1.165) is 16.9 Å². The molecule has 1 aliphatic rings. The molecular formula is C18H15FN2O4S2. The second-order valence-corrected chi connectivity index (χ2v) is 8.85. The number of nitrogens with one attached hydrogen (secondary N) is 1. The lowest BCUT2D eigenvalue weighted by Crippen LogP contribution is -2.25. The molecule has 2 aromatic carbocycles. The van der Waals surface area contributed by atoms with Crippen molar-refractivity contribution in [2.75, 3.05) is 13.3 Å². The van der Waals surface area contributed by atoms with E-state index in [4.69, 9.17) is 9.47 Å². The number of hydrogen-bond donors (Lipinski definition) is 1. The molecule has 0 aliphatic carbocycles. The Hall–Kier alpha value is -2.49. The van der Waals surface area contributed by atoms with Crippen LogP contribution in [0, 0.1) is 5.82 Å². The third-order valence-electron chi connectivity index (χ3n) is 3.98. The van der Waals surface area contributed by atoms with E-state index in [1.54, 1.807) is 12.1 Å². The van der Waals surface area contributed by atoms with Crippen LogP contribution in [0.5, 0.6) is 11.5 Å². The molecule has 0 bridgehead atoms. The first kappa shape index (κ1) is 17.9. The summed E-state index contributed by atoms with van der Waals surface area (Å²) in [6.45, 7) is 0.443. The van der Waals surface area contributed by atoms with E-state index in [9.17, 15) is 12.8 Å². The van der Waals surface area contributed by atoms with Crippen molar-refractivity contribution < 1.29 is 22.3 Å². The summed E-state index contributed by atoms with van der Waals surface area (Å²) < 4.78 is 51.2. The monoisotopic (exact) mass is 406 g/mol. The summed E-state index contributed by atoms with van der Waals surface area (Å²) >= 11 is 1.04. The maximum absolute atomic E-state index is 13.0. The Morgan fingerprint density at radius 1 is 1.11 bits per heavy atom. The molecule has 6 nitrogen and oxygen atoms in total. The Morgan fingerprint density at radius 3 is 2.70 bits per heavy atom. The van der Waals surface area contributed by atoms with Gasteiger partial charge in [-0.05, 0) is 48.4 Å². The first-order chi connectivity index (χ1) is 13.0. The number of halogens is 1. The van der Waals surface area contributed by atoms with Gasteiger partial charge in [-0.25, -0.2) is 22.5 Å². The first-order valence-corrected chi connectivity index (χ1v) is 10.4. The van der Waals surface area contributed by atoms with Gasteiger partial charge in [-0.15, -0.1) is 11.3 Å². The van der Waals surface area contributed by atoms with Crippen molar-refractivity contribution in [3.63, 3.8) is 0 Å². The Bertz CT molecular complexity index is 1070. The number of hydrogen-bond acceptors (Lipinski definition) is 6. The summed E-state index contributed by atoms with van der Waals surface area (Å²) in [6.07, 6.45) is 1.83. The summed E-state index contributed by atoms with van der Waals surface area (Å²) in [5, 5.41) is 0.520. The van der Waals surface area contributed by atoms with E-state index in [1.807, 2.05) is 18.2 Å². The quantitative estimate of drug-likeness (QED) is 0.680. The lowest BCUT2D eigenvalue weighted by atomic mass is 10.1. The molecule has 4 rings (SSSR count). The zero-order chi connectivity index (χ0) is 18.9. The van der Waals surface area contributed by atoms with Crippen LogP contribution < -0.4 is 14.2 Å². The number of fused-ring (bicyclic) bond motifs is 1. The van der Waals surface area contributed by atoms with Crippen LogP contribution in [0.1, 0.15) is 5.56 Å². The normalized spacial score (nSPS) is 13.1. The number of aromatic nitrogens is 1. The molecule has 0 saturated carbocycles. The van der Waals surface area contributed by atoms with Crippen molar-refractivity contribution in [1.82, 2.24) is 9.71 Å². The fourth-order valence-corrected chi connectivity index (χ4v) is 4.82. The Labute approximate surface area is 159 Å². The predicted molar refractivity (Wildman–Crippen MR) is 99.0 cm³/mol. The van der Waals surface area contributed by atoms with E-state index in [-0.39, 0.29) is 23.4 Å². The molecule has 1 aromatic heterocycles. The summed E-state index contributed by atoms with van der Waals surface area (Å²) in [6, 6.07) is 11.3. The second-order valence-electron chi connectivity index (χ2n) is 5.83. The van der Waals surface area contributed by atoms with E-state index in [1.165, 1.54) is 18.3 Å². The minimum absolute atomic E-state index is 0.118. The average Bonchev–Trinajstić information content (AvgIpc) is 3.31. The van der Waals surface area contributed by atoms with E-state index in [0.29, 0.717) is 28.5 Å². The highest BCUT2D eigenvalue weighted by atomic mass is 32.2. The number of ether oxygens (including phenoxy) is 2. The zero-order valence-electron chi connectivity index (χ0n) is 14.0. The molecule has 140 valence electrons. The standard InChI is InChI=1S/C18H15FN2O4S2/c19-14-4-2-13(3-5-14)18-20-10-17(26-18)27(22,23)21-8-7-12-1-6-15-16(9-12)25-11-24-15/h1-6,9-10,21H,7-8,11H2. The summed E-state index contributed by atoms with van der Waals surface area (Å²) in [5.74, 6) is 1.01. The van der Waals surface area contributed by atoms with E-state index >= 15 is 0 Å². The Morgan fingerprint density at radius 2 is 1.89 bits per heavy atom. The topological polar surface area (TPSA) is 77.5 Å². The highest BCUT2D eigenvalue weighted by Gasteiger charge is 2.19. The SMILES string of the molecule is O=S(=O)(NCCc1ccc2c(c1)OCO2)c1cnc(-c2ccc(F)cc2)s1. The molecule has 0 saturated heterocycles. The van der Waals surface area contributed by atoms with E-state index in [2.05, 4.69) is 9.71 Å². The van der Waals surface area contributed by atoms with Gasteiger partial charge in [-0.3, -0.25) is 0 Å². The zero-order valence-corrected chi connectivity index (χ0v) is 15.6. The van der Waals surface area contributed by atoms with Gasteiger partial charge in [0.1, 0.15) is 10.8 Å². The molecule has 2 heterocycles. The minimum Gasteiger partial charge on any atom is -0.454 e. The van der Waals surface area contributed by atoms with Crippen molar-refractivity contribution >= 4 is 21.4 Å². The smallest absolute Gasteiger partial charge is 0.251 e. The van der Waals surface area contributed by atoms with Crippen LogP contribution in [0.4, 0.5) is 4.39 Å². The number of sulfonamides is 1. The van der Waals surface area contributed by atoms with Crippen LogP contribution in [-0.4, -0.2) is 26.7 Å². The third kappa shape index (κ3) is 3.95. The lowest BCUT2D eigenvalue weighted by molar-refractivity contribution is 0.174. The van der Waals surface area contributed by atoms with Crippen molar-refractivity contribution in [3.8, 4) is 22.1 Å². The molecule has 3 aromatic rings. The molecule has 0 fully saturated rings. The van der Waals surface area contributed by atoms with Gasteiger partial charge in [0.05, 0.1) is 6.20 Å². The fourth-order valence-electron chi connectivity index (χ4n) is 2.61. The molecule has 0 spiro atoms. The molecule has 9 heteroatoms. The number of benzene rings is 2. The number of thiazole rings is 1. The average molecular weight is 406 g/mol. The summed E-state index contributed by atoms with van der Waals surface area (Å²) in [7, 11) is -3.66. The van der Waals surface area contributed by atoms with Gasteiger partial charge in [-0.2, -0.15) is 0 Å². The van der Waals surface area contributed by atoms with Crippen molar-refractivity contribution in [3.05, 3.63) is 60.0 Å². The van der Waals surface area contributed by atoms with Crippen molar-refractivity contribution in [2.45, 2.75) is 10.6 Å². The molecule has 0 amide bonds. The van der Waals surface area contributed by atoms with Crippen LogP contribution >= 0.6 is 11.3 Å². The Balaban J connectivity index is 1.41. The third-order valence-corrected chi connectivity index (χ3v) is 6.95. The van der Waals surface area contributed by atoms with Crippen molar-refractivity contribution in [1.29, 1.82) is 0 Å². The molecule has 0 unspecified atom stereocenters. The molecular weight excluding hydrogens is 391 g/mol. The molecule has 27 heavy (non-hydrogen) atoms. The predicted octanol–water partition coefficient (Wildman–Crippen LogP) is 3.20. The van der Waals surface area contributed by atoms with Crippen LogP contribution in [0.25, 0.3) is 10.6 Å². The lowest BCUT2D eigenvalue weighted by Gasteiger charge is -2.05. The molecule has 1 aliphatic heterocycles. The van der Waals surface area contributed by atoms with Gasteiger partial charge >= 0.3 is 0 Å². The molecule has 1 N–H and O–H groups in total. The minimum atomic E-state index is -3.66. The Kier molecular flexibility index (Phi) is 4.81. The summed E-state index contributed by atoms with van der Waals surface area (Å²) in [5.41, 5.74) is 1.61. The summed E-state index contributed by atoms with van der Waals surface area (Å²) in [4.78, 5) is 4.13. The highest BCUT2D eigenvalue weighted by molar-refractivity contribution is 7.91. The van der Waals surface area contributed by atoms with Gasteiger partial charge < -0.3 is 9.47 Å². The molecule has 0 radical (unpaired) electrons. The van der Waals surface area contributed by atoms with Crippen molar-refractivity contribution in [2.24, 2.45) is 0 Å². The van der Waals surface area contributed by atoms with Crippen LogP contribution in [0.3, 0.4) is 0 Å². The maximum Gasteiger partial charge on any atom is 0.251 e. The van der Waals surface area contributed by atoms with Gasteiger partial charge in [-0.1, -0.05) is 6.07 Å². The fraction of sp³-hybridized carbons (Fsp3) is 0.167. The van der Waals surface area contributed by atoms with Crippen LogP contribution in [0.2, 0.25) is 0 Å². The first-order valence-electron chi connectivity index (χ1n) is 8.11. The van der Waals surface area contributed by atoms with Gasteiger partial charge in [0, 0.05) is 12.1 Å². The van der Waals surface area contributed by atoms with Gasteiger partial charge in [0.2, 0.25) is 6.79 Å². The number of rotatable bonds is 6. The highest BCUT2D eigenvalue weighted by Crippen LogP contribution is 2.32. The second kappa shape index (κ2) is 7.26. The largest absolute Gasteiger partial charge is 0.454 e. The van der Waals surface area contributed by atoms with E-state index < -0.39 is 10.0 Å². The van der Waals surface area contributed by atoms with Crippen LogP contribution in [0.15, 0.2) is 52.9 Å². The molecule has 0 atom stereocenters. The van der Waals surface area contributed by atoms with Gasteiger partial charge in [0.25, 0.3) is 10.0 Å². The van der Waals surface area contributed by atoms with Gasteiger partial charge in [0.15, 0.2) is 15.7 Å². The van der Waals surface area contributed by atoms with Crippen LogP contribution in [-0.2, 0) is 16.4 Å². The number of nitrogens with zero attached hydrogens (tertiary/aromatic N) is 1.